The van der Waals surface area contributed by atoms with E-state index in [2.05, 4.69) is 35.7 Å². The van der Waals surface area contributed by atoms with Gasteiger partial charge < -0.3 is 0 Å². The van der Waals surface area contributed by atoms with Crippen molar-refractivity contribution in [2.75, 3.05) is 0 Å². The fourth-order valence-electron chi connectivity index (χ4n) is 1.87. The van der Waals surface area contributed by atoms with Crippen molar-refractivity contribution in [3.05, 3.63) is 58.9 Å². The normalized spacial score (nSPS) is 10.8. The Bertz CT molecular complexity index is 640. The highest BCUT2D eigenvalue weighted by Gasteiger charge is 2.08. The summed E-state index contributed by atoms with van der Waals surface area (Å²) in [5, 5.41) is 4.26. The lowest BCUT2D eigenvalue weighted by Gasteiger charge is -2.02. The van der Waals surface area contributed by atoms with E-state index in [9.17, 15) is 0 Å². The van der Waals surface area contributed by atoms with Crippen LogP contribution in [0.25, 0.3) is 21.2 Å². The van der Waals surface area contributed by atoms with Crippen LogP contribution in [0.1, 0.15) is 0 Å². The van der Waals surface area contributed by atoms with Crippen molar-refractivity contribution in [1.29, 1.82) is 0 Å². The molecule has 16 heavy (non-hydrogen) atoms. The summed E-state index contributed by atoms with van der Waals surface area (Å²) in [6, 6.07) is 16.4. The molecule has 0 fully saturated rings. The Hall–Kier alpha value is -1.31. The summed E-state index contributed by atoms with van der Waals surface area (Å²) in [4.78, 5) is 0. The lowest BCUT2D eigenvalue weighted by Crippen LogP contribution is -1.76. The van der Waals surface area contributed by atoms with Crippen LogP contribution in [0.3, 0.4) is 0 Å². The minimum Gasteiger partial charge on any atom is -0.143 e. The molecule has 2 aromatic carbocycles. The highest BCUT2D eigenvalue weighted by Crippen LogP contribution is 2.36. The van der Waals surface area contributed by atoms with Gasteiger partial charge in [-0.3, -0.25) is 0 Å². The maximum atomic E-state index is 6.22. The molecular formula is C14H9ClS. The van der Waals surface area contributed by atoms with E-state index in [4.69, 9.17) is 11.6 Å². The SMILES string of the molecule is Clc1ccccc1-c1csc2ccccc12. The van der Waals surface area contributed by atoms with E-state index in [0.29, 0.717) is 0 Å². The van der Waals surface area contributed by atoms with E-state index in [0.717, 1.165) is 10.6 Å². The van der Waals surface area contributed by atoms with Gasteiger partial charge in [-0.2, -0.15) is 0 Å². The molecule has 0 aliphatic carbocycles. The molecule has 0 spiro atoms. The second kappa shape index (κ2) is 3.93. The Morgan fingerprint density at radius 1 is 0.812 bits per heavy atom. The summed E-state index contributed by atoms with van der Waals surface area (Å²) in [7, 11) is 0. The van der Waals surface area contributed by atoms with Gasteiger partial charge in [0.2, 0.25) is 0 Å². The first-order chi connectivity index (χ1) is 7.86. The monoisotopic (exact) mass is 244 g/mol. The van der Waals surface area contributed by atoms with E-state index in [1.165, 1.54) is 15.6 Å². The summed E-state index contributed by atoms with van der Waals surface area (Å²) >= 11 is 7.98. The second-order valence-electron chi connectivity index (χ2n) is 3.63. The highest BCUT2D eigenvalue weighted by atomic mass is 35.5. The van der Waals surface area contributed by atoms with Crippen molar-refractivity contribution in [3.63, 3.8) is 0 Å². The maximum Gasteiger partial charge on any atom is 0.0484 e. The molecule has 1 heterocycles. The van der Waals surface area contributed by atoms with Gasteiger partial charge in [0.05, 0.1) is 0 Å². The second-order valence-corrected chi connectivity index (χ2v) is 4.94. The minimum atomic E-state index is 0.811. The van der Waals surface area contributed by atoms with Gasteiger partial charge in [0.1, 0.15) is 0 Å². The first-order valence-corrected chi connectivity index (χ1v) is 6.33. The molecule has 0 aliphatic rings. The van der Waals surface area contributed by atoms with Crippen molar-refractivity contribution >= 4 is 33.0 Å². The van der Waals surface area contributed by atoms with Gasteiger partial charge in [-0.05, 0) is 17.5 Å². The van der Waals surface area contributed by atoms with Crippen molar-refractivity contribution in [1.82, 2.24) is 0 Å². The number of halogens is 1. The Balaban J connectivity index is 2.31. The van der Waals surface area contributed by atoms with E-state index in [-0.39, 0.29) is 0 Å². The Morgan fingerprint density at radius 3 is 2.44 bits per heavy atom. The van der Waals surface area contributed by atoms with Gasteiger partial charge in [0.15, 0.2) is 0 Å². The maximum absolute atomic E-state index is 6.22. The Labute approximate surface area is 103 Å². The zero-order valence-electron chi connectivity index (χ0n) is 8.48. The van der Waals surface area contributed by atoms with Crippen LogP contribution in [-0.4, -0.2) is 0 Å². The first-order valence-electron chi connectivity index (χ1n) is 5.07. The highest BCUT2D eigenvalue weighted by molar-refractivity contribution is 7.17. The third-order valence-electron chi connectivity index (χ3n) is 2.65. The van der Waals surface area contributed by atoms with Gasteiger partial charge in [0.25, 0.3) is 0 Å². The predicted octanol–water partition coefficient (Wildman–Crippen LogP) is 5.22. The molecule has 78 valence electrons. The molecule has 0 saturated heterocycles. The molecule has 0 bridgehead atoms. The first kappa shape index (κ1) is 9.88. The summed E-state index contributed by atoms with van der Waals surface area (Å²) in [5.74, 6) is 0. The summed E-state index contributed by atoms with van der Waals surface area (Å²) in [6.07, 6.45) is 0. The molecule has 0 N–H and O–H groups in total. The van der Waals surface area contributed by atoms with Crippen molar-refractivity contribution in [2.24, 2.45) is 0 Å². The van der Waals surface area contributed by atoms with E-state index in [1.54, 1.807) is 11.3 Å². The molecule has 2 heteroatoms. The minimum absolute atomic E-state index is 0.811. The zero-order chi connectivity index (χ0) is 11.0. The molecule has 3 aromatic rings. The summed E-state index contributed by atoms with van der Waals surface area (Å²) < 4.78 is 1.30. The number of rotatable bonds is 1. The number of benzene rings is 2. The molecule has 0 aliphatic heterocycles. The van der Waals surface area contributed by atoms with Crippen LogP contribution in [-0.2, 0) is 0 Å². The lowest BCUT2D eigenvalue weighted by atomic mass is 10.1. The lowest BCUT2D eigenvalue weighted by molar-refractivity contribution is 1.68. The summed E-state index contributed by atoms with van der Waals surface area (Å²) in [5.41, 5.74) is 2.34. The quantitative estimate of drug-likeness (QED) is 0.550. The van der Waals surface area contributed by atoms with Crippen LogP contribution in [0.15, 0.2) is 53.9 Å². The molecule has 0 atom stereocenters. The number of hydrogen-bond donors (Lipinski definition) is 0. The van der Waals surface area contributed by atoms with Crippen LogP contribution >= 0.6 is 22.9 Å². The van der Waals surface area contributed by atoms with Crippen LogP contribution < -0.4 is 0 Å². The largest absolute Gasteiger partial charge is 0.143 e. The Morgan fingerprint density at radius 2 is 1.56 bits per heavy atom. The molecule has 0 nitrogen and oxygen atoms in total. The predicted molar refractivity (Wildman–Crippen MR) is 72.3 cm³/mol. The van der Waals surface area contributed by atoms with Crippen LogP contribution in [0.5, 0.6) is 0 Å². The number of hydrogen-bond acceptors (Lipinski definition) is 1. The molecule has 0 radical (unpaired) electrons. The number of fused-ring (bicyclic) bond motifs is 1. The van der Waals surface area contributed by atoms with Crippen molar-refractivity contribution in [3.8, 4) is 11.1 Å². The van der Waals surface area contributed by atoms with Crippen LogP contribution in [0, 0.1) is 0 Å². The van der Waals surface area contributed by atoms with Crippen molar-refractivity contribution in [2.45, 2.75) is 0 Å². The van der Waals surface area contributed by atoms with E-state index in [1.807, 2.05) is 18.2 Å². The topological polar surface area (TPSA) is 0 Å². The van der Waals surface area contributed by atoms with Gasteiger partial charge in [0, 0.05) is 26.2 Å². The van der Waals surface area contributed by atoms with Crippen LogP contribution in [0.2, 0.25) is 5.02 Å². The average Bonchev–Trinajstić information content (AvgIpc) is 2.74. The van der Waals surface area contributed by atoms with Gasteiger partial charge >= 0.3 is 0 Å². The molecule has 3 rings (SSSR count). The average molecular weight is 245 g/mol. The van der Waals surface area contributed by atoms with E-state index >= 15 is 0 Å². The molecular weight excluding hydrogens is 236 g/mol. The summed E-state index contributed by atoms with van der Waals surface area (Å²) in [6.45, 7) is 0. The van der Waals surface area contributed by atoms with Gasteiger partial charge in [-0.15, -0.1) is 11.3 Å². The van der Waals surface area contributed by atoms with Crippen molar-refractivity contribution < 1.29 is 0 Å². The van der Waals surface area contributed by atoms with E-state index < -0.39 is 0 Å². The van der Waals surface area contributed by atoms with Gasteiger partial charge in [-0.1, -0.05) is 48.0 Å². The molecule has 0 amide bonds. The molecule has 1 aromatic heterocycles. The molecule has 0 saturated carbocycles. The molecule has 0 unspecified atom stereocenters. The third-order valence-corrected chi connectivity index (χ3v) is 3.94. The fourth-order valence-corrected chi connectivity index (χ4v) is 3.06. The smallest absolute Gasteiger partial charge is 0.0484 e. The van der Waals surface area contributed by atoms with Gasteiger partial charge in [-0.25, -0.2) is 0 Å². The standard InChI is InChI=1S/C14H9ClS/c15-13-7-3-1-5-10(13)12-9-16-14-8-4-2-6-11(12)14/h1-9H. The fraction of sp³-hybridized carbons (Fsp3) is 0. The van der Waals surface area contributed by atoms with Crippen LogP contribution in [0.4, 0.5) is 0 Å². The zero-order valence-corrected chi connectivity index (χ0v) is 10.1. The number of thiophene rings is 1. The Kier molecular flexibility index (Phi) is 2.43. The third kappa shape index (κ3) is 1.53.